The molecule has 6 aromatic rings. The highest BCUT2D eigenvalue weighted by atomic mass is 14.7. The van der Waals surface area contributed by atoms with Crippen molar-refractivity contribution in [1.29, 1.82) is 0 Å². The van der Waals surface area contributed by atoms with Crippen molar-refractivity contribution in [3.05, 3.63) is 170 Å². The lowest BCUT2D eigenvalue weighted by Gasteiger charge is -2.17. The number of nitrogens with zero attached hydrogens (tertiary/aromatic N) is 1. The third-order valence-electron chi connectivity index (χ3n) is 7.72. The van der Waals surface area contributed by atoms with Crippen molar-refractivity contribution in [3.63, 3.8) is 0 Å². The highest BCUT2D eigenvalue weighted by Gasteiger charge is 2.16. The summed E-state index contributed by atoms with van der Waals surface area (Å²) in [7, 11) is 0. The second-order valence-corrected chi connectivity index (χ2v) is 10.4. The van der Waals surface area contributed by atoms with Crippen LogP contribution in [0.25, 0.3) is 54.6 Å². The Bertz CT molecular complexity index is 1970. The molecule has 0 aromatic heterocycles. The van der Waals surface area contributed by atoms with Crippen molar-refractivity contribution in [2.24, 2.45) is 4.99 Å². The summed E-state index contributed by atoms with van der Waals surface area (Å²) in [5, 5.41) is 7.09. The van der Waals surface area contributed by atoms with Crippen molar-refractivity contribution < 1.29 is 0 Å². The molecule has 0 bridgehead atoms. The van der Waals surface area contributed by atoms with Gasteiger partial charge in [0.25, 0.3) is 0 Å². The molecule has 0 aliphatic carbocycles. The van der Waals surface area contributed by atoms with E-state index >= 15 is 0 Å². The fraction of sp³-hybridized carbons (Fsp3) is 0.0488. The average Bonchev–Trinajstić information content (AvgIpc) is 3.04. The molecule has 0 aliphatic rings. The summed E-state index contributed by atoms with van der Waals surface area (Å²) in [6, 6.07) is 42.7. The smallest absolute Gasteiger partial charge is 0.0636 e. The first-order chi connectivity index (χ1) is 20.7. The maximum atomic E-state index is 4.94. The summed E-state index contributed by atoms with van der Waals surface area (Å²) < 4.78 is 0. The summed E-state index contributed by atoms with van der Waals surface area (Å²) in [6.07, 6.45) is 9.20. The van der Waals surface area contributed by atoms with Gasteiger partial charge < -0.3 is 0 Å². The van der Waals surface area contributed by atoms with E-state index in [1.165, 1.54) is 32.7 Å². The lowest BCUT2D eigenvalue weighted by Crippen LogP contribution is -1.95. The van der Waals surface area contributed by atoms with Crippen molar-refractivity contribution in [1.82, 2.24) is 0 Å². The zero-order valence-corrected chi connectivity index (χ0v) is 23.9. The Morgan fingerprint density at radius 2 is 1.21 bits per heavy atom. The van der Waals surface area contributed by atoms with Crippen LogP contribution in [0.1, 0.15) is 24.5 Å². The maximum absolute atomic E-state index is 4.94. The predicted octanol–water partition coefficient (Wildman–Crippen LogP) is 11.5. The molecule has 6 aromatic carbocycles. The van der Waals surface area contributed by atoms with Gasteiger partial charge in [0.15, 0.2) is 0 Å². The lowest BCUT2D eigenvalue weighted by atomic mass is 9.86. The van der Waals surface area contributed by atoms with Crippen LogP contribution in [-0.4, -0.2) is 6.21 Å². The van der Waals surface area contributed by atoms with Crippen LogP contribution in [0.2, 0.25) is 0 Å². The maximum Gasteiger partial charge on any atom is 0.0636 e. The van der Waals surface area contributed by atoms with Crippen molar-refractivity contribution in [3.8, 4) is 11.1 Å². The van der Waals surface area contributed by atoms with Crippen LogP contribution in [0, 0.1) is 0 Å². The van der Waals surface area contributed by atoms with Gasteiger partial charge in [0, 0.05) is 11.8 Å². The van der Waals surface area contributed by atoms with E-state index in [1.807, 2.05) is 6.21 Å². The molecule has 1 heteroatoms. The van der Waals surface area contributed by atoms with Gasteiger partial charge in [-0.05, 0) is 66.6 Å². The molecule has 202 valence electrons. The second kappa shape index (κ2) is 12.1. The van der Waals surface area contributed by atoms with E-state index in [-0.39, 0.29) is 0 Å². The highest BCUT2D eigenvalue weighted by molar-refractivity contribution is 6.25. The standard InChI is InChI=1S/C41H33N/c1-4-5-7-21-33(35-27-16-20-31-17-10-11-22-34(31)35)30(3)42-28-29(2)40-36-23-12-14-25-38(36)41(32-18-8-6-9-19-32)39-26-15-13-24-37(39)40/h5-28H,2-4H2,1H3/b7-5-,33-21+,42-28-. The van der Waals surface area contributed by atoms with E-state index in [2.05, 4.69) is 160 Å². The monoisotopic (exact) mass is 539 g/mol. The largest absolute Gasteiger partial charge is 0.256 e. The Labute approximate surface area is 248 Å². The fourth-order valence-electron chi connectivity index (χ4n) is 5.78. The SMILES string of the molecule is C=C(/N=C\C(=C)c1c2ccccc2c(-c2ccccc2)c2ccccc12)/C(=C\C=C/CC)c1cccc2ccccc12. The van der Waals surface area contributed by atoms with Crippen molar-refractivity contribution in [2.75, 3.05) is 0 Å². The zero-order valence-electron chi connectivity index (χ0n) is 23.9. The Morgan fingerprint density at radius 3 is 1.88 bits per heavy atom. The number of hydrogen-bond donors (Lipinski definition) is 0. The van der Waals surface area contributed by atoms with Crippen LogP contribution < -0.4 is 0 Å². The molecule has 0 saturated carbocycles. The molecule has 0 unspecified atom stereocenters. The first-order valence-corrected chi connectivity index (χ1v) is 14.4. The first kappa shape index (κ1) is 26.9. The number of aliphatic imine (C=N–C) groups is 1. The molecule has 0 amide bonds. The molecule has 0 radical (unpaired) electrons. The van der Waals surface area contributed by atoms with Gasteiger partial charge in [-0.1, -0.05) is 160 Å². The molecule has 1 nitrogen and oxygen atoms in total. The Morgan fingerprint density at radius 1 is 0.643 bits per heavy atom. The molecule has 0 atom stereocenters. The molecule has 0 heterocycles. The Balaban J connectivity index is 1.46. The summed E-state index contributed by atoms with van der Waals surface area (Å²) in [6.45, 7) is 11.1. The molecule has 0 spiro atoms. The summed E-state index contributed by atoms with van der Waals surface area (Å²) in [5.74, 6) is 0. The van der Waals surface area contributed by atoms with Crippen LogP contribution in [0.4, 0.5) is 0 Å². The lowest BCUT2D eigenvalue weighted by molar-refractivity contribution is 1.22. The minimum absolute atomic E-state index is 0.697. The predicted molar refractivity (Wildman–Crippen MR) is 185 cm³/mol. The van der Waals surface area contributed by atoms with E-state index in [4.69, 9.17) is 4.99 Å². The van der Waals surface area contributed by atoms with Gasteiger partial charge in [0.2, 0.25) is 0 Å². The molecule has 0 fully saturated rings. The zero-order chi connectivity index (χ0) is 28.9. The number of fused-ring (bicyclic) bond motifs is 3. The minimum atomic E-state index is 0.697. The molecule has 0 saturated heterocycles. The first-order valence-electron chi connectivity index (χ1n) is 14.4. The van der Waals surface area contributed by atoms with Gasteiger partial charge in [-0.2, -0.15) is 0 Å². The van der Waals surface area contributed by atoms with Gasteiger partial charge in [-0.25, -0.2) is 0 Å². The summed E-state index contributed by atoms with van der Waals surface area (Å²) in [4.78, 5) is 4.94. The molecular weight excluding hydrogens is 506 g/mol. The molecule has 6 rings (SSSR count). The van der Waals surface area contributed by atoms with Gasteiger partial charge in [0.1, 0.15) is 0 Å². The van der Waals surface area contributed by atoms with Gasteiger partial charge in [-0.3, -0.25) is 4.99 Å². The van der Waals surface area contributed by atoms with Gasteiger partial charge in [-0.15, -0.1) is 0 Å². The number of hydrogen-bond acceptors (Lipinski definition) is 1. The normalized spacial score (nSPS) is 12.2. The Hall–Kier alpha value is -5.27. The van der Waals surface area contributed by atoms with E-state index in [0.717, 1.165) is 39.5 Å². The summed E-state index contributed by atoms with van der Waals surface area (Å²) in [5.41, 5.74) is 7.20. The number of rotatable bonds is 8. The van der Waals surface area contributed by atoms with E-state index < -0.39 is 0 Å². The molecular formula is C41H33N. The number of allylic oxidation sites excluding steroid dienone is 5. The van der Waals surface area contributed by atoms with E-state index in [9.17, 15) is 0 Å². The molecule has 0 aliphatic heterocycles. The fourth-order valence-corrected chi connectivity index (χ4v) is 5.78. The van der Waals surface area contributed by atoms with Crippen molar-refractivity contribution in [2.45, 2.75) is 13.3 Å². The van der Waals surface area contributed by atoms with Crippen LogP contribution in [0.15, 0.2) is 163 Å². The van der Waals surface area contributed by atoms with Crippen molar-refractivity contribution >= 4 is 49.7 Å². The van der Waals surface area contributed by atoms with Gasteiger partial charge >= 0.3 is 0 Å². The highest BCUT2D eigenvalue weighted by Crippen LogP contribution is 2.41. The average molecular weight is 540 g/mol. The molecule has 0 N–H and O–H groups in total. The third kappa shape index (κ3) is 5.13. The third-order valence-corrected chi connectivity index (χ3v) is 7.72. The number of benzene rings is 6. The minimum Gasteiger partial charge on any atom is -0.256 e. The van der Waals surface area contributed by atoms with Gasteiger partial charge in [0.05, 0.1) is 5.70 Å². The topological polar surface area (TPSA) is 12.4 Å². The summed E-state index contributed by atoms with van der Waals surface area (Å²) >= 11 is 0. The Kier molecular flexibility index (Phi) is 7.74. The van der Waals surface area contributed by atoms with E-state index in [0.29, 0.717) is 5.70 Å². The quantitative estimate of drug-likeness (QED) is 0.104. The van der Waals surface area contributed by atoms with E-state index in [1.54, 1.807) is 0 Å². The molecule has 42 heavy (non-hydrogen) atoms. The van der Waals surface area contributed by atoms with Crippen LogP contribution >= 0.6 is 0 Å². The van der Waals surface area contributed by atoms with Crippen LogP contribution in [0.3, 0.4) is 0 Å². The van der Waals surface area contributed by atoms with Crippen LogP contribution in [-0.2, 0) is 0 Å². The van der Waals surface area contributed by atoms with Crippen LogP contribution in [0.5, 0.6) is 0 Å². The second-order valence-electron chi connectivity index (χ2n) is 10.4.